The molecule has 3 heterocycles. The number of fused-ring (bicyclic) bond motifs is 5. The van der Waals surface area contributed by atoms with Gasteiger partial charge in [0.2, 0.25) is 0 Å². The highest BCUT2D eigenvalue weighted by Gasteiger charge is 2.32. The molecule has 0 saturated carbocycles. The highest BCUT2D eigenvalue weighted by molar-refractivity contribution is 6.07. The second-order valence-electron chi connectivity index (χ2n) is 8.62. The summed E-state index contributed by atoms with van der Waals surface area (Å²) < 4.78 is 0. The van der Waals surface area contributed by atoms with E-state index in [0.29, 0.717) is 5.56 Å². The fourth-order valence-corrected chi connectivity index (χ4v) is 5.10. The summed E-state index contributed by atoms with van der Waals surface area (Å²) in [7, 11) is 0. The largest absolute Gasteiger partial charge is 0.341 e. The summed E-state index contributed by atoms with van der Waals surface area (Å²) in [6.45, 7) is 0. The number of H-pyrrole nitrogens is 1. The number of aromatic amines is 1. The molecule has 3 aromatic carbocycles. The van der Waals surface area contributed by atoms with Gasteiger partial charge in [0.1, 0.15) is 11.3 Å². The smallest absolute Gasteiger partial charge is 0.252 e. The minimum atomic E-state index is -0.272. The Labute approximate surface area is 200 Å². The molecule has 6 nitrogen and oxygen atoms in total. The van der Waals surface area contributed by atoms with Crippen LogP contribution in [0.4, 0.5) is 0 Å². The molecular weight excluding hydrogens is 434 g/mol. The highest BCUT2D eigenvalue weighted by Crippen LogP contribution is 2.47. The van der Waals surface area contributed by atoms with Gasteiger partial charge in [-0.25, -0.2) is 4.98 Å². The zero-order chi connectivity index (χ0) is 23.4. The molecule has 3 aromatic heterocycles. The molecule has 0 radical (unpaired) electrons. The van der Waals surface area contributed by atoms with E-state index < -0.39 is 0 Å². The molecule has 1 aliphatic carbocycles. The maximum Gasteiger partial charge on any atom is 0.252 e. The van der Waals surface area contributed by atoms with E-state index in [0.717, 1.165) is 55.6 Å². The number of pyridine rings is 2. The highest BCUT2D eigenvalue weighted by atomic mass is 16.1. The van der Waals surface area contributed by atoms with Crippen molar-refractivity contribution >= 4 is 27.8 Å². The van der Waals surface area contributed by atoms with Gasteiger partial charge in [0.15, 0.2) is 0 Å². The van der Waals surface area contributed by atoms with Crippen molar-refractivity contribution < 1.29 is 4.79 Å². The van der Waals surface area contributed by atoms with Crippen molar-refractivity contribution in [2.24, 2.45) is 0 Å². The van der Waals surface area contributed by atoms with Gasteiger partial charge in [-0.3, -0.25) is 14.8 Å². The fraction of sp³-hybridized carbons (Fsp3) is 0.0345. The second-order valence-corrected chi connectivity index (χ2v) is 8.62. The molecule has 0 spiro atoms. The van der Waals surface area contributed by atoms with E-state index in [4.69, 9.17) is 4.98 Å². The van der Waals surface area contributed by atoms with E-state index in [9.17, 15) is 4.79 Å². The Hall–Kier alpha value is -4.84. The maximum absolute atomic E-state index is 13.5. The molecule has 0 bridgehead atoms. The number of nitrogens with zero attached hydrogens (tertiary/aromatic N) is 3. The number of hydrogen-bond acceptors (Lipinski definition) is 4. The quantitative estimate of drug-likeness (QED) is 0.361. The number of amides is 1. The molecule has 0 saturated heterocycles. The van der Waals surface area contributed by atoms with E-state index in [1.807, 2.05) is 54.6 Å². The summed E-state index contributed by atoms with van der Waals surface area (Å²) in [6.07, 6.45) is 5.25. The minimum Gasteiger partial charge on any atom is -0.341 e. The Morgan fingerprint density at radius 2 is 1.66 bits per heavy atom. The van der Waals surface area contributed by atoms with Crippen LogP contribution in [0.5, 0.6) is 0 Å². The molecule has 6 heteroatoms. The van der Waals surface area contributed by atoms with Crippen LogP contribution in [0.15, 0.2) is 97.5 Å². The van der Waals surface area contributed by atoms with Crippen molar-refractivity contribution in [1.29, 1.82) is 0 Å². The maximum atomic E-state index is 13.5. The summed E-state index contributed by atoms with van der Waals surface area (Å²) in [5.41, 5.74) is 8.47. The van der Waals surface area contributed by atoms with Crippen molar-refractivity contribution in [2.45, 2.75) is 6.04 Å². The third kappa shape index (κ3) is 3.04. The van der Waals surface area contributed by atoms with Gasteiger partial charge in [-0.05, 0) is 46.5 Å². The molecule has 7 rings (SSSR count). The first-order valence-electron chi connectivity index (χ1n) is 11.4. The van der Waals surface area contributed by atoms with Crippen molar-refractivity contribution in [3.63, 3.8) is 0 Å². The molecule has 1 amide bonds. The Morgan fingerprint density at radius 3 is 2.60 bits per heavy atom. The number of hydrogen-bond donors (Lipinski definition) is 2. The molecule has 0 aliphatic heterocycles. The molecule has 6 aromatic rings. The third-order valence-corrected chi connectivity index (χ3v) is 6.66. The molecule has 0 fully saturated rings. The molecule has 1 aliphatic rings. The average Bonchev–Trinajstić information content (AvgIpc) is 3.48. The van der Waals surface area contributed by atoms with Crippen LogP contribution in [0, 0.1) is 0 Å². The predicted octanol–water partition coefficient (Wildman–Crippen LogP) is 5.67. The lowest BCUT2D eigenvalue weighted by Gasteiger charge is -2.17. The lowest BCUT2D eigenvalue weighted by molar-refractivity contribution is 0.0945. The first-order valence-corrected chi connectivity index (χ1v) is 11.4. The number of nitrogens with one attached hydrogen (secondary N) is 2. The van der Waals surface area contributed by atoms with Crippen LogP contribution in [-0.2, 0) is 0 Å². The SMILES string of the molecule is O=C(NC1c2ccccc2-c2c(-c3nc4cnccc4[nH]3)cccc21)c1cccc2ncccc12. The summed E-state index contributed by atoms with van der Waals surface area (Å²) in [5.74, 6) is 0.656. The van der Waals surface area contributed by atoms with Gasteiger partial charge in [0.25, 0.3) is 5.91 Å². The van der Waals surface area contributed by atoms with Crippen LogP contribution < -0.4 is 5.32 Å². The van der Waals surface area contributed by atoms with Crippen LogP contribution in [0.2, 0.25) is 0 Å². The van der Waals surface area contributed by atoms with E-state index >= 15 is 0 Å². The Balaban J connectivity index is 1.36. The third-order valence-electron chi connectivity index (χ3n) is 6.66. The topological polar surface area (TPSA) is 83.6 Å². The fourth-order valence-electron chi connectivity index (χ4n) is 5.10. The average molecular weight is 454 g/mol. The van der Waals surface area contributed by atoms with Gasteiger partial charge in [-0.1, -0.05) is 54.6 Å². The number of rotatable bonds is 3. The molecule has 2 N–H and O–H groups in total. The van der Waals surface area contributed by atoms with Crippen molar-refractivity contribution in [3.8, 4) is 22.5 Å². The number of imidazole rings is 1. The van der Waals surface area contributed by atoms with E-state index in [-0.39, 0.29) is 11.9 Å². The van der Waals surface area contributed by atoms with E-state index in [2.05, 4.69) is 44.5 Å². The molecule has 1 unspecified atom stereocenters. The standard InChI is InChI=1S/C29H19N5O/c35-29(20-8-4-12-23-17(20)11-5-14-31-23)34-27-19-7-2-1-6-18(19)26-21(27)9-3-10-22(26)28-32-24-13-15-30-16-25(24)33-28/h1-16,27H,(H,32,33)(H,34,35). The number of carbonyl (C=O) groups is 1. The Bertz CT molecular complexity index is 1730. The molecule has 35 heavy (non-hydrogen) atoms. The first kappa shape index (κ1) is 19.6. The van der Waals surface area contributed by atoms with Gasteiger partial charge in [-0.2, -0.15) is 0 Å². The van der Waals surface area contributed by atoms with E-state index in [1.54, 1.807) is 18.6 Å². The zero-order valence-corrected chi connectivity index (χ0v) is 18.6. The lowest BCUT2D eigenvalue weighted by atomic mass is 9.98. The monoisotopic (exact) mass is 453 g/mol. The van der Waals surface area contributed by atoms with Gasteiger partial charge in [0.05, 0.1) is 23.3 Å². The Kier molecular flexibility index (Phi) is 4.26. The van der Waals surface area contributed by atoms with Crippen LogP contribution in [0.25, 0.3) is 44.5 Å². The van der Waals surface area contributed by atoms with Crippen LogP contribution in [0.1, 0.15) is 27.5 Å². The summed E-state index contributed by atoms with van der Waals surface area (Å²) >= 11 is 0. The molecule has 166 valence electrons. The lowest BCUT2D eigenvalue weighted by Crippen LogP contribution is -2.28. The van der Waals surface area contributed by atoms with Gasteiger partial charge >= 0.3 is 0 Å². The number of aromatic nitrogens is 4. The van der Waals surface area contributed by atoms with Crippen molar-refractivity contribution in [1.82, 2.24) is 25.3 Å². The summed E-state index contributed by atoms with van der Waals surface area (Å²) in [6, 6.07) is 25.5. The number of carbonyl (C=O) groups excluding carboxylic acids is 1. The van der Waals surface area contributed by atoms with Gasteiger partial charge < -0.3 is 10.3 Å². The van der Waals surface area contributed by atoms with Crippen LogP contribution in [0.3, 0.4) is 0 Å². The minimum absolute atomic E-state index is 0.128. The Morgan fingerprint density at radius 1 is 0.800 bits per heavy atom. The van der Waals surface area contributed by atoms with Crippen LogP contribution in [-0.4, -0.2) is 25.8 Å². The zero-order valence-electron chi connectivity index (χ0n) is 18.6. The normalized spacial score (nSPS) is 14.1. The second kappa shape index (κ2) is 7.60. The van der Waals surface area contributed by atoms with Crippen molar-refractivity contribution in [2.75, 3.05) is 0 Å². The summed E-state index contributed by atoms with van der Waals surface area (Å²) in [4.78, 5) is 30.3. The number of benzene rings is 3. The van der Waals surface area contributed by atoms with Gasteiger partial charge in [-0.15, -0.1) is 0 Å². The first-order chi connectivity index (χ1) is 17.3. The predicted molar refractivity (Wildman–Crippen MR) is 136 cm³/mol. The van der Waals surface area contributed by atoms with Crippen molar-refractivity contribution in [3.05, 3.63) is 114 Å². The van der Waals surface area contributed by atoms with Gasteiger partial charge in [0, 0.05) is 28.9 Å². The summed E-state index contributed by atoms with van der Waals surface area (Å²) in [5, 5.41) is 4.13. The molecular formula is C29H19N5O. The van der Waals surface area contributed by atoms with Crippen LogP contribution >= 0.6 is 0 Å². The van der Waals surface area contributed by atoms with E-state index in [1.165, 1.54) is 0 Å². The molecule has 1 atom stereocenters.